The molecule has 1 saturated heterocycles. The van der Waals surface area contributed by atoms with Gasteiger partial charge in [-0.2, -0.15) is 0 Å². The lowest BCUT2D eigenvalue weighted by Crippen LogP contribution is -2.46. The summed E-state index contributed by atoms with van der Waals surface area (Å²) in [5.74, 6) is 1.71. The Morgan fingerprint density at radius 1 is 1.39 bits per heavy atom. The van der Waals surface area contributed by atoms with Gasteiger partial charge in [0.15, 0.2) is 0 Å². The van der Waals surface area contributed by atoms with Gasteiger partial charge in [0.1, 0.15) is 5.75 Å². The number of hydrogen-bond donors (Lipinski definition) is 1. The monoisotopic (exact) mass is 248 g/mol. The number of nitrogens with one attached hydrogen (secondary N) is 1. The van der Waals surface area contributed by atoms with Gasteiger partial charge in [0.05, 0.1) is 7.11 Å². The molecule has 0 spiro atoms. The van der Waals surface area contributed by atoms with E-state index in [2.05, 4.69) is 36.3 Å². The van der Waals surface area contributed by atoms with Gasteiger partial charge in [0.25, 0.3) is 0 Å². The summed E-state index contributed by atoms with van der Waals surface area (Å²) < 4.78 is 5.42. The van der Waals surface area contributed by atoms with Crippen molar-refractivity contribution in [3.05, 3.63) is 29.8 Å². The fourth-order valence-corrected chi connectivity index (χ4v) is 2.88. The van der Waals surface area contributed by atoms with Crippen LogP contribution in [0.25, 0.3) is 0 Å². The Bertz CT molecular complexity index is 381. The van der Waals surface area contributed by atoms with Crippen molar-refractivity contribution in [3.8, 4) is 5.75 Å². The van der Waals surface area contributed by atoms with Crippen LogP contribution in [0.5, 0.6) is 5.75 Å². The van der Waals surface area contributed by atoms with Gasteiger partial charge in [-0.05, 0) is 32.0 Å². The second-order valence-corrected chi connectivity index (χ2v) is 5.21. The summed E-state index contributed by atoms with van der Waals surface area (Å²) in [5, 5.41) is 3.41. The van der Waals surface area contributed by atoms with Gasteiger partial charge < -0.3 is 10.1 Å². The van der Waals surface area contributed by atoms with E-state index >= 15 is 0 Å². The number of likely N-dealkylation sites (tertiary alicyclic amines) is 1. The van der Waals surface area contributed by atoms with Crippen LogP contribution >= 0.6 is 0 Å². The maximum Gasteiger partial charge on any atom is 0.123 e. The van der Waals surface area contributed by atoms with Crippen LogP contribution in [-0.2, 0) is 6.54 Å². The Morgan fingerprint density at radius 2 is 2.17 bits per heavy atom. The van der Waals surface area contributed by atoms with E-state index in [1.54, 1.807) is 7.11 Å². The topological polar surface area (TPSA) is 24.5 Å². The molecule has 1 aromatic carbocycles. The average molecular weight is 248 g/mol. The molecule has 0 amide bonds. The summed E-state index contributed by atoms with van der Waals surface area (Å²) >= 11 is 0. The minimum Gasteiger partial charge on any atom is -0.496 e. The van der Waals surface area contributed by atoms with Crippen molar-refractivity contribution in [2.45, 2.75) is 25.9 Å². The SMILES string of the molecule is CNC1CCN(Cc2ccccc2OC)CC1C. The van der Waals surface area contributed by atoms with E-state index in [1.807, 2.05) is 12.1 Å². The molecule has 3 heteroatoms. The third-order valence-corrected chi connectivity index (χ3v) is 3.95. The third-order valence-electron chi connectivity index (χ3n) is 3.95. The van der Waals surface area contributed by atoms with Crippen molar-refractivity contribution in [1.82, 2.24) is 10.2 Å². The van der Waals surface area contributed by atoms with Crippen LogP contribution in [0, 0.1) is 5.92 Å². The summed E-state index contributed by atoms with van der Waals surface area (Å²) in [5.41, 5.74) is 1.29. The van der Waals surface area contributed by atoms with E-state index in [4.69, 9.17) is 4.74 Å². The van der Waals surface area contributed by atoms with Crippen LogP contribution in [0.4, 0.5) is 0 Å². The highest BCUT2D eigenvalue weighted by molar-refractivity contribution is 5.33. The second-order valence-electron chi connectivity index (χ2n) is 5.21. The molecule has 1 aliphatic rings. The molecule has 1 N–H and O–H groups in total. The van der Waals surface area contributed by atoms with Crippen molar-refractivity contribution >= 4 is 0 Å². The molecule has 2 unspecified atom stereocenters. The number of nitrogens with zero attached hydrogens (tertiary/aromatic N) is 1. The van der Waals surface area contributed by atoms with E-state index in [9.17, 15) is 0 Å². The van der Waals surface area contributed by atoms with E-state index < -0.39 is 0 Å². The summed E-state index contributed by atoms with van der Waals surface area (Å²) in [6.45, 7) is 5.64. The van der Waals surface area contributed by atoms with Crippen LogP contribution in [-0.4, -0.2) is 38.2 Å². The first-order valence-electron chi connectivity index (χ1n) is 6.76. The highest BCUT2D eigenvalue weighted by Gasteiger charge is 2.24. The minimum atomic E-state index is 0.666. The van der Waals surface area contributed by atoms with Gasteiger partial charge in [0, 0.05) is 24.7 Å². The number of methoxy groups -OCH3 is 1. The standard InChI is InChI=1S/C15H24N2O/c1-12-10-17(9-8-14(12)16-2)11-13-6-4-5-7-15(13)18-3/h4-7,12,14,16H,8-11H2,1-3H3. The Kier molecular flexibility index (Phi) is 4.61. The van der Waals surface area contributed by atoms with Gasteiger partial charge in [-0.15, -0.1) is 0 Å². The number of ether oxygens (including phenoxy) is 1. The minimum absolute atomic E-state index is 0.666. The van der Waals surface area contributed by atoms with Crippen molar-refractivity contribution in [2.24, 2.45) is 5.92 Å². The summed E-state index contributed by atoms with van der Waals surface area (Å²) in [6.07, 6.45) is 1.23. The summed E-state index contributed by atoms with van der Waals surface area (Å²) in [7, 11) is 3.81. The lowest BCUT2D eigenvalue weighted by Gasteiger charge is -2.37. The molecule has 2 rings (SSSR count). The predicted octanol–water partition coefficient (Wildman–Crippen LogP) is 2.12. The molecule has 100 valence electrons. The maximum absolute atomic E-state index is 5.42. The Morgan fingerprint density at radius 3 is 2.83 bits per heavy atom. The first-order chi connectivity index (χ1) is 8.74. The van der Waals surface area contributed by atoms with E-state index in [0.29, 0.717) is 12.0 Å². The van der Waals surface area contributed by atoms with E-state index in [-0.39, 0.29) is 0 Å². The van der Waals surface area contributed by atoms with Crippen LogP contribution < -0.4 is 10.1 Å². The molecule has 0 saturated carbocycles. The van der Waals surface area contributed by atoms with Crippen LogP contribution in [0.2, 0.25) is 0 Å². The molecule has 18 heavy (non-hydrogen) atoms. The zero-order chi connectivity index (χ0) is 13.0. The molecule has 0 aliphatic carbocycles. The number of benzene rings is 1. The van der Waals surface area contributed by atoms with Crippen LogP contribution in [0.3, 0.4) is 0 Å². The quantitative estimate of drug-likeness (QED) is 0.883. The Balaban J connectivity index is 1.98. The molecule has 1 heterocycles. The Labute approximate surface area is 110 Å². The van der Waals surface area contributed by atoms with Gasteiger partial charge in [-0.25, -0.2) is 0 Å². The fourth-order valence-electron chi connectivity index (χ4n) is 2.88. The molecule has 0 aromatic heterocycles. The molecule has 3 nitrogen and oxygen atoms in total. The van der Waals surface area contributed by atoms with Crippen molar-refractivity contribution in [2.75, 3.05) is 27.2 Å². The highest BCUT2D eigenvalue weighted by atomic mass is 16.5. The Hall–Kier alpha value is -1.06. The number of para-hydroxylation sites is 1. The van der Waals surface area contributed by atoms with Gasteiger partial charge in [0.2, 0.25) is 0 Å². The van der Waals surface area contributed by atoms with Gasteiger partial charge >= 0.3 is 0 Å². The molecule has 2 atom stereocenters. The van der Waals surface area contributed by atoms with E-state index in [0.717, 1.165) is 25.4 Å². The van der Waals surface area contributed by atoms with Crippen molar-refractivity contribution in [1.29, 1.82) is 0 Å². The zero-order valence-corrected chi connectivity index (χ0v) is 11.6. The molecule has 1 fully saturated rings. The number of hydrogen-bond acceptors (Lipinski definition) is 3. The average Bonchev–Trinajstić information content (AvgIpc) is 2.39. The van der Waals surface area contributed by atoms with Gasteiger partial charge in [-0.3, -0.25) is 4.90 Å². The maximum atomic E-state index is 5.42. The first-order valence-corrected chi connectivity index (χ1v) is 6.76. The van der Waals surface area contributed by atoms with Crippen molar-refractivity contribution < 1.29 is 4.74 Å². The fraction of sp³-hybridized carbons (Fsp3) is 0.600. The number of rotatable bonds is 4. The van der Waals surface area contributed by atoms with E-state index in [1.165, 1.54) is 12.0 Å². The third kappa shape index (κ3) is 3.03. The smallest absolute Gasteiger partial charge is 0.123 e. The van der Waals surface area contributed by atoms with Crippen LogP contribution in [0.1, 0.15) is 18.9 Å². The van der Waals surface area contributed by atoms with Gasteiger partial charge in [-0.1, -0.05) is 25.1 Å². The summed E-state index contributed by atoms with van der Waals surface area (Å²) in [4.78, 5) is 2.52. The summed E-state index contributed by atoms with van der Waals surface area (Å²) in [6, 6.07) is 8.98. The van der Waals surface area contributed by atoms with Crippen LogP contribution in [0.15, 0.2) is 24.3 Å². The zero-order valence-electron chi connectivity index (χ0n) is 11.6. The molecule has 0 bridgehead atoms. The normalized spacial score (nSPS) is 25.1. The molecule has 0 radical (unpaired) electrons. The number of piperidine rings is 1. The van der Waals surface area contributed by atoms with Crippen molar-refractivity contribution in [3.63, 3.8) is 0 Å². The predicted molar refractivity (Wildman–Crippen MR) is 74.9 cm³/mol. The lowest BCUT2D eigenvalue weighted by atomic mass is 9.93. The first kappa shape index (κ1) is 13.4. The molecule has 1 aliphatic heterocycles. The largest absolute Gasteiger partial charge is 0.496 e. The molecule has 1 aromatic rings. The lowest BCUT2D eigenvalue weighted by molar-refractivity contribution is 0.144. The highest BCUT2D eigenvalue weighted by Crippen LogP contribution is 2.23. The second kappa shape index (κ2) is 6.21. The molecular formula is C15H24N2O. The molecular weight excluding hydrogens is 224 g/mol.